The molecule has 0 heterocycles. The van der Waals surface area contributed by atoms with Gasteiger partial charge in [0.25, 0.3) is 0 Å². The van der Waals surface area contributed by atoms with E-state index < -0.39 is 0 Å². The summed E-state index contributed by atoms with van der Waals surface area (Å²) in [5.74, 6) is 0. The second-order valence-electron chi connectivity index (χ2n) is 8.31. The van der Waals surface area contributed by atoms with Gasteiger partial charge in [-0.3, -0.25) is 0 Å². The van der Waals surface area contributed by atoms with E-state index in [1.165, 1.54) is 28.1 Å². The molecule has 0 amide bonds. The fraction of sp³-hybridized carbons (Fsp3) is 0.478. The van der Waals surface area contributed by atoms with E-state index in [-0.39, 0.29) is 10.8 Å². The lowest BCUT2D eigenvalue weighted by Crippen LogP contribution is -2.28. The van der Waals surface area contributed by atoms with Crippen LogP contribution >= 0.6 is 0 Å². The monoisotopic (exact) mass is 323 g/mol. The Balaban J connectivity index is 2.46. The Bertz CT molecular complexity index is 674. The fourth-order valence-corrected chi connectivity index (χ4v) is 3.46. The van der Waals surface area contributed by atoms with Crippen molar-refractivity contribution in [3.63, 3.8) is 0 Å². The Hall–Kier alpha value is -1.76. The van der Waals surface area contributed by atoms with E-state index in [9.17, 15) is 0 Å². The van der Waals surface area contributed by atoms with Gasteiger partial charge in [0.1, 0.15) is 0 Å². The van der Waals surface area contributed by atoms with Gasteiger partial charge < -0.3 is 4.90 Å². The van der Waals surface area contributed by atoms with Crippen molar-refractivity contribution in [3.8, 4) is 0 Å². The van der Waals surface area contributed by atoms with Crippen molar-refractivity contribution < 1.29 is 0 Å². The average molecular weight is 324 g/mol. The van der Waals surface area contributed by atoms with Gasteiger partial charge in [-0.2, -0.15) is 0 Å². The van der Waals surface area contributed by atoms with Crippen LogP contribution in [0.25, 0.3) is 0 Å². The van der Waals surface area contributed by atoms with Gasteiger partial charge >= 0.3 is 0 Å². The molecule has 1 unspecified atom stereocenters. The van der Waals surface area contributed by atoms with Crippen LogP contribution in [0.5, 0.6) is 0 Å². The molecule has 1 aromatic carbocycles. The first-order chi connectivity index (χ1) is 11.1. The van der Waals surface area contributed by atoms with Gasteiger partial charge in [-0.15, -0.1) is 0 Å². The molecule has 1 heteroatoms. The number of nitrogens with zero attached hydrogens (tertiary/aromatic N) is 1. The van der Waals surface area contributed by atoms with E-state index in [1.807, 2.05) is 0 Å². The first-order valence-corrected chi connectivity index (χ1v) is 9.03. The lowest BCUT2D eigenvalue weighted by molar-refractivity contribution is 0.228. The largest absolute Gasteiger partial charge is 0.341 e. The van der Waals surface area contributed by atoms with Crippen molar-refractivity contribution in [2.24, 2.45) is 10.8 Å². The molecule has 0 saturated heterocycles. The van der Waals surface area contributed by atoms with E-state index in [0.29, 0.717) is 0 Å². The van der Waals surface area contributed by atoms with Gasteiger partial charge in [0.15, 0.2) is 0 Å². The molecule has 0 spiro atoms. The molecular formula is C23H33N. The third-order valence-electron chi connectivity index (χ3n) is 5.46. The Morgan fingerprint density at radius 3 is 2.08 bits per heavy atom. The number of aryl methyl sites for hydroxylation is 3. The summed E-state index contributed by atoms with van der Waals surface area (Å²) in [6, 6.07) is 4.56. The van der Waals surface area contributed by atoms with Crippen molar-refractivity contribution in [2.75, 3.05) is 11.4 Å². The van der Waals surface area contributed by atoms with Gasteiger partial charge in [0.2, 0.25) is 0 Å². The molecule has 1 aromatic rings. The van der Waals surface area contributed by atoms with Crippen LogP contribution in [0.3, 0.4) is 0 Å². The van der Waals surface area contributed by atoms with Crippen molar-refractivity contribution in [1.82, 2.24) is 0 Å². The van der Waals surface area contributed by atoms with Crippen molar-refractivity contribution in [1.29, 1.82) is 0 Å². The molecule has 0 aromatic heterocycles. The Morgan fingerprint density at radius 2 is 1.58 bits per heavy atom. The van der Waals surface area contributed by atoms with Crippen LogP contribution in [0.2, 0.25) is 0 Å². The smallest absolute Gasteiger partial charge is 0.0470 e. The van der Waals surface area contributed by atoms with Crippen molar-refractivity contribution >= 4 is 5.69 Å². The molecule has 0 saturated carbocycles. The zero-order valence-corrected chi connectivity index (χ0v) is 16.7. The lowest BCUT2D eigenvalue weighted by Gasteiger charge is -2.37. The Morgan fingerprint density at radius 1 is 1.00 bits per heavy atom. The summed E-state index contributed by atoms with van der Waals surface area (Å²) < 4.78 is 0. The van der Waals surface area contributed by atoms with E-state index in [4.69, 9.17) is 0 Å². The van der Waals surface area contributed by atoms with Gasteiger partial charge in [-0.1, -0.05) is 63.6 Å². The van der Waals surface area contributed by atoms with Gasteiger partial charge in [0.05, 0.1) is 0 Å². The highest BCUT2D eigenvalue weighted by atomic mass is 15.1. The molecule has 0 bridgehead atoms. The van der Waals surface area contributed by atoms with Crippen LogP contribution < -0.4 is 4.90 Å². The van der Waals surface area contributed by atoms with Crippen molar-refractivity contribution in [2.45, 2.75) is 55.4 Å². The van der Waals surface area contributed by atoms with Gasteiger partial charge in [0, 0.05) is 23.3 Å². The first kappa shape index (κ1) is 18.6. The number of allylic oxidation sites excluding steroid dienone is 5. The van der Waals surface area contributed by atoms with E-state index in [0.717, 1.165) is 6.54 Å². The molecule has 1 aliphatic rings. The average Bonchev–Trinajstić information content (AvgIpc) is 2.65. The van der Waals surface area contributed by atoms with Gasteiger partial charge in [-0.05, 0) is 56.4 Å². The number of anilines is 1. The minimum absolute atomic E-state index is 0.0576. The molecule has 0 fully saturated rings. The Labute approximate surface area is 148 Å². The first-order valence-electron chi connectivity index (χ1n) is 9.03. The van der Waals surface area contributed by atoms with Crippen LogP contribution in [0.1, 0.15) is 51.3 Å². The van der Waals surface area contributed by atoms with E-state index in [1.54, 1.807) is 0 Å². The van der Waals surface area contributed by atoms with Crippen LogP contribution in [-0.4, -0.2) is 6.54 Å². The standard InChI is InChI=1S/C23H33N/c1-9-24(21-18(3)15-17(2)16-19(21)4)20-11-10-13-23(8,14-12-20)22(5,6)7/h10-16H,9H2,1-8H3. The number of hydrogen-bond donors (Lipinski definition) is 0. The summed E-state index contributed by atoms with van der Waals surface area (Å²) >= 11 is 0. The van der Waals surface area contributed by atoms with E-state index in [2.05, 4.69) is 103 Å². The molecule has 2 rings (SSSR count). The number of rotatable bonds is 3. The molecule has 0 aliphatic heterocycles. The molecule has 1 nitrogen and oxygen atoms in total. The van der Waals surface area contributed by atoms with Crippen LogP contribution in [0, 0.1) is 31.6 Å². The molecule has 1 aliphatic carbocycles. The van der Waals surface area contributed by atoms with Crippen LogP contribution in [0.15, 0.2) is 48.2 Å². The summed E-state index contributed by atoms with van der Waals surface area (Å²) in [5.41, 5.74) is 6.86. The second-order valence-corrected chi connectivity index (χ2v) is 8.31. The zero-order chi connectivity index (χ0) is 18.1. The molecule has 0 N–H and O–H groups in total. The predicted octanol–water partition coefficient (Wildman–Crippen LogP) is 6.50. The van der Waals surface area contributed by atoms with Crippen LogP contribution in [0.4, 0.5) is 5.69 Å². The van der Waals surface area contributed by atoms with E-state index >= 15 is 0 Å². The van der Waals surface area contributed by atoms with Gasteiger partial charge in [-0.25, -0.2) is 0 Å². The fourth-order valence-electron chi connectivity index (χ4n) is 3.46. The summed E-state index contributed by atoms with van der Waals surface area (Å²) in [4.78, 5) is 2.43. The molecule has 24 heavy (non-hydrogen) atoms. The highest BCUT2D eigenvalue weighted by molar-refractivity contribution is 5.65. The summed E-state index contributed by atoms with van der Waals surface area (Å²) in [6.07, 6.45) is 11.5. The topological polar surface area (TPSA) is 3.24 Å². The summed E-state index contributed by atoms with van der Waals surface area (Å²) in [7, 11) is 0. The maximum absolute atomic E-state index is 2.43. The molecular weight excluding hydrogens is 290 g/mol. The second kappa shape index (κ2) is 6.63. The quantitative estimate of drug-likeness (QED) is 0.613. The normalized spacial score (nSPS) is 20.8. The molecule has 0 radical (unpaired) electrons. The molecule has 130 valence electrons. The third-order valence-corrected chi connectivity index (χ3v) is 5.46. The predicted molar refractivity (Wildman–Crippen MR) is 108 cm³/mol. The number of hydrogen-bond acceptors (Lipinski definition) is 1. The minimum Gasteiger partial charge on any atom is -0.341 e. The zero-order valence-electron chi connectivity index (χ0n) is 16.7. The SMILES string of the molecule is CCN(C1=CC=CC(C)(C(C)(C)C)C=C1)c1c(C)cc(C)cc1C. The number of likely N-dealkylation sites (N-methyl/N-ethyl adjacent to an activating group) is 1. The lowest BCUT2D eigenvalue weighted by atomic mass is 9.68. The van der Waals surface area contributed by atoms with Crippen LogP contribution in [-0.2, 0) is 0 Å². The summed E-state index contributed by atoms with van der Waals surface area (Å²) in [6.45, 7) is 19.0. The third kappa shape index (κ3) is 3.50. The highest BCUT2D eigenvalue weighted by Crippen LogP contribution is 2.42. The minimum atomic E-state index is 0.0576. The highest BCUT2D eigenvalue weighted by Gasteiger charge is 2.33. The Kier molecular flexibility index (Phi) is 5.13. The summed E-state index contributed by atoms with van der Waals surface area (Å²) in [5, 5.41) is 0. The maximum Gasteiger partial charge on any atom is 0.0470 e. The number of benzene rings is 1. The maximum atomic E-state index is 2.43. The van der Waals surface area contributed by atoms with Crippen molar-refractivity contribution in [3.05, 3.63) is 64.9 Å². The molecule has 1 atom stereocenters.